The van der Waals surface area contributed by atoms with Crippen molar-refractivity contribution in [1.29, 1.82) is 0 Å². The van der Waals surface area contributed by atoms with Crippen LogP contribution in [0.2, 0.25) is 0 Å². The Morgan fingerprint density at radius 3 is 2.00 bits per heavy atom. The zero-order chi connectivity index (χ0) is 37.8. The van der Waals surface area contributed by atoms with E-state index in [0.29, 0.717) is 0 Å². The van der Waals surface area contributed by atoms with E-state index in [1.165, 1.54) is 38.0 Å². The first-order chi connectivity index (χ1) is 28.1. The van der Waals surface area contributed by atoms with Crippen LogP contribution in [-0.4, -0.2) is 23.3 Å². The van der Waals surface area contributed by atoms with E-state index in [1.807, 2.05) is 36.0 Å². The lowest BCUT2D eigenvalue weighted by atomic mass is 10.0. The molecule has 7 aromatic carbocycles. The average molecular weight is 735 g/mol. The van der Waals surface area contributed by atoms with E-state index in [2.05, 4.69) is 177 Å². The molecule has 0 fully saturated rings. The molecule has 0 aliphatic carbocycles. The van der Waals surface area contributed by atoms with Gasteiger partial charge in [-0.25, -0.2) is 4.98 Å². The molecule has 5 aromatic heterocycles. The van der Waals surface area contributed by atoms with E-state index in [-0.39, 0.29) is 0 Å². The highest BCUT2D eigenvalue weighted by Gasteiger charge is 2.28. The highest BCUT2D eigenvalue weighted by atomic mass is 16.5. The minimum Gasteiger partial charge on any atom is -0.458 e. The number of aromatic nitrogens is 6. The van der Waals surface area contributed by atoms with Gasteiger partial charge in [0.15, 0.2) is 0 Å². The van der Waals surface area contributed by atoms with Gasteiger partial charge in [0.05, 0.1) is 51.4 Å². The standard InChI is InChI=1S/C50H34N6O/c1-52-31-54(42-24-11-10-23-41(42)52)33-17-14-18-34(29-33)57-35-26-27-38-43(30-35)56(44-25-12-13-28-51-44)50-47(38)48-45(36-19-6-8-21-39(36)53(48)2)46-37-20-7-9-22-40(37)55(49(46)50)32-15-4-3-5-16-32/h3-30H,1-2H3. The van der Waals surface area contributed by atoms with Crippen LogP contribution in [0.4, 0.5) is 0 Å². The first-order valence-electron chi connectivity index (χ1n) is 19.2. The zero-order valence-corrected chi connectivity index (χ0v) is 31.3. The van der Waals surface area contributed by atoms with Crippen molar-refractivity contribution < 1.29 is 9.30 Å². The number of hydrogen-bond donors (Lipinski definition) is 0. The number of nitrogens with zero attached hydrogens (tertiary/aromatic N) is 6. The summed E-state index contributed by atoms with van der Waals surface area (Å²) in [7, 11) is 4.22. The van der Waals surface area contributed by atoms with Crippen molar-refractivity contribution in [3.63, 3.8) is 0 Å². The van der Waals surface area contributed by atoms with Crippen molar-refractivity contribution in [2.75, 3.05) is 0 Å². The summed E-state index contributed by atoms with van der Waals surface area (Å²) >= 11 is 0. The second-order valence-corrected chi connectivity index (χ2v) is 14.7. The van der Waals surface area contributed by atoms with Crippen molar-refractivity contribution in [1.82, 2.24) is 23.3 Å². The fourth-order valence-corrected chi connectivity index (χ4v) is 9.23. The summed E-state index contributed by atoms with van der Waals surface area (Å²) in [5, 5.41) is 7.22. The number of ether oxygens (including phenoxy) is 1. The van der Waals surface area contributed by atoms with Gasteiger partial charge in [-0.05, 0) is 60.7 Å². The SMILES string of the molecule is Cn1[c-][n+](-c2cccc(Oc3ccc4c5c6c(c7ccccc7n6C)c6c7ccccc7n(-c7ccccc7)c6c5n(-c5ccccn5)c4c3)c2)c2ccccc21. The van der Waals surface area contributed by atoms with Crippen molar-refractivity contribution >= 4 is 76.5 Å². The van der Waals surface area contributed by atoms with E-state index in [1.54, 1.807) is 0 Å². The number of fused-ring (bicyclic) bond motifs is 13. The number of rotatable bonds is 5. The molecule has 0 saturated heterocycles. The minimum atomic E-state index is 0.736. The zero-order valence-electron chi connectivity index (χ0n) is 31.3. The topological polar surface area (TPSA) is 45.7 Å². The fourth-order valence-electron chi connectivity index (χ4n) is 9.23. The Bertz CT molecular complexity index is 3570. The Balaban J connectivity index is 1.19. The summed E-state index contributed by atoms with van der Waals surface area (Å²) in [6.07, 6.45) is 5.33. The molecule has 0 bridgehead atoms. The highest BCUT2D eigenvalue weighted by Crippen LogP contribution is 2.49. The molecule has 12 rings (SSSR count). The number of benzene rings is 7. The molecule has 0 atom stereocenters. The number of para-hydroxylation sites is 5. The van der Waals surface area contributed by atoms with Gasteiger partial charge in [0, 0.05) is 62.8 Å². The molecule has 270 valence electrons. The third kappa shape index (κ3) is 4.48. The van der Waals surface area contributed by atoms with Crippen LogP contribution in [0.25, 0.3) is 93.6 Å². The number of imidazole rings is 1. The van der Waals surface area contributed by atoms with Crippen LogP contribution in [0, 0.1) is 6.33 Å². The summed E-state index contributed by atoms with van der Waals surface area (Å²) in [5.74, 6) is 2.31. The van der Waals surface area contributed by atoms with Gasteiger partial charge in [-0.2, -0.15) is 0 Å². The van der Waals surface area contributed by atoms with Gasteiger partial charge < -0.3 is 23.0 Å². The molecular weight excluding hydrogens is 701 g/mol. The number of aryl methyl sites for hydroxylation is 2. The number of pyridine rings is 1. The van der Waals surface area contributed by atoms with Gasteiger partial charge in [-0.15, -0.1) is 0 Å². The maximum absolute atomic E-state index is 6.76. The Morgan fingerprint density at radius 2 is 1.18 bits per heavy atom. The van der Waals surface area contributed by atoms with Gasteiger partial charge in [-0.1, -0.05) is 97.1 Å². The van der Waals surface area contributed by atoms with Crippen molar-refractivity contribution in [2.24, 2.45) is 14.1 Å². The largest absolute Gasteiger partial charge is 0.458 e. The lowest BCUT2D eigenvalue weighted by Crippen LogP contribution is -2.29. The van der Waals surface area contributed by atoms with E-state index in [0.717, 1.165) is 67.2 Å². The summed E-state index contributed by atoms with van der Waals surface area (Å²) in [6, 6.07) is 57.5. The molecule has 0 N–H and O–H groups in total. The van der Waals surface area contributed by atoms with E-state index in [9.17, 15) is 0 Å². The Kier molecular flexibility index (Phi) is 6.63. The van der Waals surface area contributed by atoms with Crippen LogP contribution in [-0.2, 0) is 14.1 Å². The lowest BCUT2D eigenvalue weighted by molar-refractivity contribution is -0.572. The maximum atomic E-state index is 6.76. The summed E-state index contributed by atoms with van der Waals surface area (Å²) in [5.41, 5.74) is 11.1. The summed E-state index contributed by atoms with van der Waals surface area (Å²) in [6.45, 7) is 0. The Labute approximate surface area is 327 Å². The van der Waals surface area contributed by atoms with E-state index >= 15 is 0 Å². The van der Waals surface area contributed by atoms with Crippen LogP contribution in [0.1, 0.15) is 0 Å². The van der Waals surface area contributed by atoms with Crippen molar-refractivity contribution in [3.8, 4) is 28.7 Å². The molecule has 0 unspecified atom stereocenters. The quantitative estimate of drug-likeness (QED) is 0.131. The van der Waals surface area contributed by atoms with Crippen LogP contribution in [0.5, 0.6) is 11.5 Å². The third-order valence-electron chi connectivity index (χ3n) is 11.6. The van der Waals surface area contributed by atoms with Gasteiger partial charge in [0.1, 0.15) is 17.3 Å². The van der Waals surface area contributed by atoms with Gasteiger partial charge in [0.25, 0.3) is 0 Å². The molecule has 7 heteroatoms. The van der Waals surface area contributed by atoms with Crippen LogP contribution < -0.4 is 9.30 Å². The first kappa shape index (κ1) is 31.7. The third-order valence-corrected chi connectivity index (χ3v) is 11.6. The normalized spacial score (nSPS) is 12.0. The second kappa shape index (κ2) is 11.9. The van der Waals surface area contributed by atoms with Crippen molar-refractivity contribution in [3.05, 3.63) is 176 Å². The second-order valence-electron chi connectivity index (χ2n) is 14.7. The average Bonchev–Trinajstić information content (AvgIpc) is 3.98. The molecular formula is C50H34N6O. The maximum Gasteiger partial charge on any atom is 0.244 e. The van der Waals surface area contributed by atoms with Crippen LogP contribution >= 0.6 is 0 Å². The van der Waals surface area contributed by atoms with E-state index in [4.69, 9.17) is 9.72 Å². The Morgan fingerprint density at radius 1 is 0.509 bits per heavy atom. The van der Waals surface area contributed by atoms with Gasteiger partial charge in [0.2, 0.25) is 6.33 Å². The summed E-state index contributed by atoms with van der Waals surface area (Å²) < 4.78 is 18.0. The predicted molar refractivity (Wildman–Crippen MR) is 230 cm³/mol. The van der Waals surface area contributed by atoms with Gasteiger partial charge in [-0.3, -0.25) is 4.57 Å². The van der Waals surface area contributed by atoms with Crippen LogP contribution in [0.3, 0.4) is 0 Å². The molecule has 0 radical (unpaired) electrons. The molecule has 57 heavy (non-hydrogen) atoms. The van der Waals surface area contributed by atoms with E-state index < -0.39 is 0 Å². The monoisotopic (exact) mass is 734 g/mol. The molecule has 7 nitrogen and oxygen atoms in total. The molecule has 0 aliphatic heterocycles. The molecule has 0 amide bonds. The highest BCUT2D eigenvalue weighted by molar-refractivity contribution is 6.40. The molecule has 0 aliphatic rings. The summed E-state index contributed by atoms with van der Waals surface area (Å²) in [4.78, 5) is 5.01. The molecule has 0 spiro atoms. The molecule has 12 aromatic rings. The van der Waals surface area contributed by atoms with Crippen molar-refractivity contribution in [2.45, 2.75) is 0 Å². The minimum absolute atomic E-state index is 0.736. The smallest absolute Gasteiger partial charge is 0.244 e. The lowest BCUT2D eigenvalue weighted by Gasteiger charge is -2.13. The van der Waals surface area contributed by atoms with Gasteiger partial charge >= 0.3 is 0 Å². The fraction of sp³-hybridized carbons (Fsp3) is 0.0400. The van der Waals surface area contributed by atoms with Crippen LogP contribution in [0.15, 0.2) is 170 Å². The molecule has 0 saturated carbocycles. The molecule has 5 heterocycles. The number of hydrogen-bond acceptors (Lipinski definition) is 2. The predicted octanol–water partition coefficient (Wildman–Crippen LogP) is 11.3. The first-order valence-corrected chi connectivity index (χ1v) is 19.2. The Hall–Kier alpha value is -7.64.